The molecule has 0 amide bonds. The van der Waals surface area contributed by atoms with E-state index in [1.54, 1.807) is 18.3 Å². The topological polar surface area (TPSA) is 89.0 Å². The fourth-order valence-corrected chi connectivity index (χ4v) is 1.81. The van der Waals surface area contributed by atoms with E-state index in [-0.39, 0.29) is 22.9 Å². The van der Waals surface area contributed by atoms with Crippen molar-refractivity contribution in [2.75, 3.05) is 0 Å². The summed E-state index contributed by atoms with van der Waals surface area (Å²) in [7, 11) is 0. The number of nitriles is 1. The summed E-state index contributed by atoms with van der Waals surface area (Å²) in [6, 6.07) is 9.28. The molecule has 0 unspecified atom stereocenters. The number of nitrogens with zero attached hydrogens (tertiary/aromatic N) is 3. The Hall–Kier alpha value is -2.46. The van der Waals surface area contributed by atoms with Crippen LogP contribution in [0, 0.1) is 21.4 Å². The lowest BCUT2D eigenvalue weighted by Gasteiger charge is -2.05. The molecule has 0 atom stereocenters. The van der Waals surface area contributed by atoms with Gasteiger partial charge in [-0.1, -0.05) is 22.0 Å². The van der Waals surface area contributed by atoms with Crippen molar-refractivity contribution in [2.24, 2.45) is 0 Å². The molecule has 100 valence electrons. The lowest BCUT2D eigenvalue weighted by molar-refractivity contribution is -0.385. The molecule has 1 heterocycles. The Labute approximate surface area is 122 Å². The van der Waals surface area contributed by atoms with E-state index in [1.807, 2.05) is 6.07 Å². The molecule has 0 fully saturated rings. The van der Waals surface area contributed by atoms with E-state index in [0.29, 0.717) is 5.33 Å². The average Bonchev–Trinajstić information content (AvgIpc) is 2.48. The van der Waals surface area contributed by atoms with Crippen molar-refractivity contribution in [1.29, 1.82) is 5.26 Å². The number of ether oxygens (including phenoxy) is 1. The van der Waals surface area contributed by atoms with Gasteiger partial charge in [0.1, 0.15) is 0 Å². The summed E-state index contributed by atoms with van der Waals surface area (Å²) < 4.78 is 5.39. The number of aromatic nitrogens is 1. The van der Waals surface area contributed by atoms with E-state index in [0.717, 1.165) is 5.56 Å². The van der Waals surface area contributed by atoms with Crippen LogP contribution in [0.4, 0.5) is 5.69 Å². The van der Waals surface area contributed by atoms with E-state index in [1.165, 1.54) is 18.2 Å². The SMILES string of the molecule is N#Cc1ccc(Oc2ccc(CBr)cn2)c([N+](=O)[O-])c1. The Kier molecular flexibility index (Phi) is 4.27. The van der Waals surface area contributed by atoms with E-state index < -0.39 is 4.92 Å². The molecule has 0 saturated heterocycles. The summed E-state index contributed by atoms with van der Waals surface area (Å²) in [5.41, 5.74) is 0.897. The van der Waals surface area contributed by atoms with Gasteiger partial charge in [-0.15, -0.1) is 0 Å². The number of alkyl halides is 1. The van der Waals surface area contributed by atoms with Crippen LogP contribution >= 0.6 is 15.9 Å². The van der Waals surface area contributed by atoms with Gasteiger partial charge in [0, 0.05) is 23.7 Å². The van der Waals surface area contributed by atoms with Gasteiger partial charge in [0.05, 0.1) is 16.6 Å². The maximum Gasteiger partial charge on any atom is 0.312 e. The zero-order chi connectivity index (χ0) is 14.5. The van der Waals surface area contributed by atoms with Crippen LogP contribution in [0.2, 0.25) is 0 Å². The number of nitro groups is 1. The van der Waals surface area contributed by atoms with Crippen molar-refractivity contribution in [3.05, 3.63) is 57.8 Å². The van der Waals surface area contributed by atoms with Gasteiger partial charge in [0.15, 0.2) is 0 Å². The van der Waals surface area contributed by atoms with Gasteiger partial charge in [0.25, 0.3) is 0 Å². The molecule has 0 N–H and O–H groups in total. The second-order valence-electron chi connectivity index (χ2n) is 3.79. The van der Waals surface area contributed by atoms with Crippen LogP contribution in [0.15, 0.2) is 36.5 Å². The number of nitro benzene ring substituents is 1. The summed E-state index contributed by atoms with van der Waals surface area (Å²) in [6.45, 7) is 0. The molecule has 0 bridgehead atoms. The molecule has 20 heavy (non-hydrogen) atoms. The predicted octanol–water partition coefficient (Wildman–Crippen LogP) is 3.55. The molecule has 0 aliphatic carbocycles. The van der Waals surface area contributed by atoms with Gasteiger partial charge in [-0.2, -0.15) is 5.26 Å². The van der Waals surface area contributed by atoms with E-state index in [2.05, 4.69) is 20.9 Å². The second kappa shape index (κ2) is 6.12. The fraction of sp³-hybridized carbons (Fsp3) is 0.0769. The number of pyridine rings is 1. The van der Waals surface area contributed by atoms with Crippen LogP contribution in [0.25, 0.3) is 0 Å². The number of halogens is 1. The van der Waals surface area contributed by atoms with Gasteiger partial charge in [-0.25, -0.2) is 4.98 Å². The van der Waals surface area contributed by atoms with Gasteiger partial charge >= 0.3 is 5.69 Å². The summed E-state index contributed by atoms with van der Waals surface area (Å²) >= 11 is 3.29. The van der Waals surface area contributed by atoms with Gasteiger partial charge < -0.3 is 4.74 Å². The molecule has 2 rings (SSSR count). The number of hydrogen-bond acceptors (Lipinski definition) is 5. The maximum atomic E-state index is 11.0. The van der Waals surface area contributed by atoms with Gasteiger partial charge in [0.2, 0.25) is 11.6 Å². The molecule has 0 radical (unpaired) electrons. The average molecular weight is 334 g/mol. The van der Waals surface area contributed by atoms with E-state index >= 15 is 0 Å². The van der Waals surface area contributed by atoms with E-state index in [4.69, 9.17) is 10.00 Å². The summed E-state index contributed by atoms with van der Waals surface area (Å²) in [5.74, 6) is 0.301. The van der Waals surface area contributed by atoms with Gasteiger partial charge in [-0.3, -0.25) is 10.1 Å². The molecular formula is C13H8BrN3O3. The van der Waals surface area contributed by atoms with Crippen molar-refractivity contribution in [1.82, 2.24) is 4.98 Å². The van der Waals surface area contributed by atoms with Crippen LogP contribution in [-0.4, -0.2) is 9.91 Å². The first-order valence-electron chi connectivity index (χ1n) is 5.51. The van der Waals surface area contributed by atoms with Crippen molar-refractivity contribution < 1.29 is 9.66 Å². The molecular weight excluding hydrogens is 326 g/mol. The van der Waals surface area contributed by atoms with Crippen LogP contribution in [-0.2, 0) is 5.33 Å². The third kappa shape index (κ3) is 3.10. The number of hydrogen-bond donors (Lipinski definition) is 0. The standard InChI is InChI=1S/C13H8BrN3O3/c14-6-10-2-4-13(16-8-10)20-12-3-1-9(7-15)5-11(12)17(18)19/h1-5,8H,6H2. The Balaban J connectivity index is 2.32. The molecule has 1 aromatic heterocycles. The predicted molar refractivity (Wildman–Crippen MR) is 74.8 cm³/mol. The first kappa shape index (κ1) is 14.0. The highest BCUT2D eigenvalue weighted by Crippen LogP contribution is 2.31. The lowest BCUT2D eigenvalue weighted by Crippen LogP contribution is -1.95. The zero-order valence-electron chi connectivity index (χ0n) is 10.1. The molecule has 0 aliphatic rings. The highest BCUT2D eigenvalue weighted by molar-refractivity contribution is 9.08. The lowest BCUT2D eigenvalue weighted by atomic mass is 10.2. The third-order valence-electron chi connectivity index (χ3n) is 2.45. The molecule has 7 heteroatoms. The Morgan fingerprint density at radius 1 is 1.40 bits per heavy atom. The molecule has 0 aliphatic heterocycles. The Bertz CT molecular complexity index is 680. The summed E-state index contributed by atoms with van der Waals surface area (Å²) in [4.78, 5) is 14.4. The first-order valence-corrected chi connectivity index (χ1v) is 6.63. The smallest absolute Gasteiger partial charge is 0.312 e. The molecule has 0 saturated carbocycles. The number of rotatable bonds is 4. The van der Waals surface area contributed by atoms with Crippen molar-refractivity contribution >= 4 is 21.6 Å². The van der Waals surface area contributed by atoms with Crippen molar-refractivity contribution in [3.8, 4) is 17.7 Å². The van der Waals surface area contributed by atoms with Crippen LogP contribution in [0.5, 0.6) is 11.6 Å². The highest BCUT2D eigenvalue weighted by atomic mass is 79.9. The Morgan fingerprint density at radius 3 is 2.75 bits per heavy atom. The maximum absolute atomic E-state index is 11.0. The molecule has 1 aromatic carbocycles. The summed E-state index contributed by atoms with van der Waals surface area (Å²) in [5, 5.41) is 20.4. The highest BCUT2D eigenvalue weighted by Gasteiger charge is 2.17. The van der Waals surface area contributed by atoms with Crippen LogP contribution in [0.1, 0.15) is 11.1 Å². The zero-order valence-corrected chi connectivity index (χ0v) is 11.7. The monoisotopic (exact) mass is 333 g/mol. The Morgan fingerprint density at radius 2 is 2.20 bits per heavy atom. The van der Waals surface area contributed by atoms with Crippen molar-refractivity contribution in [3.63, 3.8) is 0 Å². The quantitative estimate of drug-likeness (QED) is 0.485. The summed E-state index contributed by atoms with van der Waals surface area (Å²) in [6.07, 6.45) is 1.61. The third-order valence-corrected chi connectivity index (χ3v) is 3.10. The molecule has 0 spiro atoms. The normalized spacial score (nSPS) is 9.80. The minimum absolute atomic E-state index is 0.0492. The van der Waals surface area contributed by atoms with Gasteiger partial charge in [-0.05, 0) is 17.7 Å². The number of benzene rings is 1. The second-order valence-corrected chi connectivity index (χ2v) is 4.35. The van der Waals surface area contributed by atoms with Crippen molar-refractivity contribution in [2.45, 2.75) is 5.33 Å². The minimum Gasteiger partial charge on any atom is -0.432 e. The minimum atomic E-state index is -0.594. The first-order chi connectivity index (χ1) is 9.63. The largest absolute Gasteiger partial charge is 0.432 e. The van der Waals surface area contributed by atoms with E-state index in [9.17, 15) is 10.1 Å². The molecule has 6 nitrogen and oxygen atoms in total. The fourth-order valence-electron chi connectivity index (χ4n) is 1.48. The molecule has 2 aromatic rings. The van der Waals surface area contributed by atoms with Crippen LogP contribution in [0.3, 0.4) is 0 Å². The van der Waals surface area contributed by atoms with Crippen LogP contribution < -0.4 is 4.74 Å².